The summed E-state index contributed by atoms with van der Waals surface area (Å²) in [6, 6.07) is 6.14. The predicted molar refractivity (Wildman–Crippen MR) is 212 cm³/mol. The summed E-state index contributed by atoms with van der Waals surface area (Å²) in [6.07, 6.45) is 0.335. The first-order chi connectivity index (χ1) is 27.2. The van der Waals surface area contributed by atoms with Crippen molar-refractivity contribution in [3.63, 3.8) is 0 Å². The fraction of sp³-hybridized carbons (Fsp3) is 0.537. The molecule has 0 radical (unpaired) electrons. The van der Waals surface area contributed by atoms with Gasteiger partial charge in [-0.2, -0.15) is 0 Å². The van der Waals surface area contributed by atoms with E-state index in [0.717, 1.165) is 6.42 Å². The van der Waals surface area contributed by atoms with Crippen LogP contribution in [-0.2, 0) is 32.1 Å². The number of carbonyl (C=O) groups is 4. The largest absolute Gasteiger partial charge is 0.352 e. The Labute approximate surface area is 330 Å². The zero-order valence-corrected chi connectivity index (χ0v) is 33.4. The number of benzene rings is 2. The van der Waals surface area contributed by atoms with Gasteiger partial charge in [0.15, 0.2) is 5.82 Å². The molecule has 0 saturated carbocycles. The highest BCUT2D eigenvalue weighted by Gasteiger charge is 2.41. The molecule has 2 aromatic carbocycles. The molecule has 2 saturated heterocycles. The van der Waals surface area contributed by atoms with Gasteiger partial charge in [0, 0.05) is 48.6 Å². The van der Waals surface area contributed by atoms with Gasteiger partial charge in [-0.05, 0) is 81.1 Å². The Kier molecular flexibility index (Phi) is 12.9. The predicted octanol–water partition coefficient (Wildman–Crippen LogP) is 3.66. The molecule has 0 bridgehead atoms. The molecular weight excluding hydrogens is 740 g/mol. The number of likely N-dealkylation sites (tertiary alicyclic amines) is 2. The van der Waals surface area contributed by atoms with Crippen molar-refractivity contribution in [2.75, 3.05) is 40.3 Å². The van der Waals surface area contributed by atoms with Gasteiger partial charge in [-0.1, -0.05) is 27.7 Å². The summed E-state index contributed by atoms with van der Waals surface area (Å²) >= 11 is 0. The zero-order valence-electron chi connectivity index (χ0n) is 33.4. The van der Waals surface area contributed by atoms with Crippen LogP contribution in [0.25, 0.3) is 33.5 Å². The average molecular weight is 794 g/mol. The van der Waals surface area contributed by atoms with E-state index in [9.17, 15) is 28.0 Å². The maximum atomic E-state index is 15.4. The third-order valence-corrected chi connectivity index (χ3v) is 11.1. The standard InChI is InChI=1S/C41H54F3N9O4/c1-22(2)36(49-34(54)18-45-5)40(56)51-13-7-8-27(51)21-53-33-12-10-25(43)16-32(33)48-39(53)38-30(29-11-9-24(42)15-31(29)47-38)17-28-14-26(44)20-52(28)41(57)37(23(3)4)50-35(55)19-46-6/h9-12,15-16,22-23,26-28,36-37,45-47H,7-8,13-14,17-21H2,1-6H3,(H,49,54)(H,50,55). The Morgan fingerprint density at radius 1 is 0.860 bits per heavy atom. The Balaban J connectivity index is 1.40. The van der Waals surface area contributed by atoms with E-state index >= 15 is 4.39 Å². The molecule has 57 heavy (non-hydrogen) atoms. The van der Waals surface area contributed by atoms with Crippen molar-refractivity contribution in [2.24, 2.45) is 11.8 Å². The second-order valence-electron chi connectivity index (χ2n) is 16.0. The number of fused-ring (bicyclic) bond motifs is 2. The summed E-state index contributed by atoms with van der Waals surface area (Å²) in [5, 5.41) is 11.9. The molecule has 2 aromatic heterocycles. The molecule has 308 valence electrons. The van der Waals surface area contributed by atoms with E-state index in [0.29, 0.717) is 52.0 Å². The summed E-state index contributed by atoms with van der Waals surface area (Å²) in [5.41, 5.74) is 2.62. The molecule has 2 aliphatic rings. The highest BCUT2D eigenvalue weighted by molar-refractivity contribution is 5.93. The molecule has 0 aliphatic carbocycles. The third-order valence-electron chi connectivity index (χ3n) is 11.1. The summed E-state index contributed by atoms with van der Waals surface area (Å²) < 4.78 is 46.8. The van der Waals surface area contributed by atoms with E-state index in [4.69, 9.17) is 4.98 Å². The fourth-order valence-corrected chi connectivity index (χ4v) is 8.35. The topological polar surface area (TPSA) is 156 Å². The van der Waals surface area contributed by atoms with Crippen LogP contribution >= 0.6 is 0 Å². The van der Waals surface area contributed by atoms with Crippen molar-refractivity contribution >= 4 is 45.6 Å². The molecule has 5 atom stereocenters. The van der Waals surface area contributed by atoms with Gasteiger partial charge in [0.2, 0.25) is 23.6 Å². The second-order valence-corrected chi connectivity index (χ2v) is 16.0. The summed E-state index contributed by atoms with van der Waals surface area (Å²) in [7, 11) is 3.29. The van der Waals surface area contributed by atoms with Gasteiger partial charge in [0.1, 0.15) is 29.9 Å². The summed E-state index contributed by atoms with van der Waals surface area (Å²) in [6.45, 7) is 8.13. The van der Waals surface area contributed by atoms with Crippen LogP contribution in [0.4, 0.5) is 13.2 Å². The van der Waals surface area contributed by atoms with Gasteiger partial charge in [0.25, 0.3) is 0 Å². The number of aromatic nitrogens is 3. The minimum Gasteiger partial charge on any atom is -0.352 e. The highest BCUT2D eigenvalue weighted by Crippen LogP contribution is 2.37. The van der Waals surface area contributed by atoms with Crippen LogP contribution in [0, 0.1) is 23.5 Å². The smallest absolute Gasteiger partial charge is 0.245 e. The van der Waals surface area contributed by atoms with Crippen molar-refractivity contribution in [1.29, 1.82) is 0 Å². The van der Waals surface area contributed by atoms with Crippen LogP contribution in [0.15, 0.2) is 36.4 Å². The molecule has 4 aromatic rings. The summed E-state index contributed by atoms with van der Waals surface area (Å²) in [4.78, 5) is 64.9. The maximum absolute atomic E-state index is 15.4. The normalized spacial score (nSPS) is 19.6. The number of alkyl halides is 1. The Morgan fingerprint density at radius 2 is 1.47 bits per heavy atom. The molecule has 2 fully saturated rings. The van der Waals surface area contributed by atoms with E-state index in [2.05, 4.69) is 26.3 Å². The molecule has 4 heterocycles. The van der Waals surface area contributed by atoms with E-state index in [1.165, 1.54) is 29.2 Å². The van der Waals surface area contributed by atoms with Crippen LogP contribution in [-0.4, -0.2) is 119 Å². The molecule has 4 amide bonds. The number of hydrogen-bond acceptors (Lipinski definition) is 7. The summed E-state index contributed by atoms with van der Waals surface area (Å²) in [5.74, 6) is -2.20. The number of rotatable bonds is 15. The van der Waals surface area contributed by atoms with Crippen molar-refractivity contribution in [1.82, 2.24) is 45.6 Å². The first-order valence-corrected chi connectivity index (χ1v) is 19.8. The number of halogens is 3. The van der Waals surface area contributed by atoms with Gasteiger partial charge >= 0.3 is 0 Å². The van der Waals surface area contributed by atoms with E-state index in [1.54, 1.807) is 31.1 Å². The zero-order chi connectivity index (χ0) is 41.1. The lowest BCUT2D eigenvalue weighted by Crippen LogP contribution is -2.54. The van der Waals surface area contributed by atoms with Gasteiger partial charge in [-0.25, -0.2) is 18.2 Å². The number of H-pyrrole nitrogens is 1. The van der Waals surface area contributed by atoms with Crippen molar-refractivity contribution in [2.45, 2.75) is 90.3 Å². The van der Waals surface area contributed by atoms with Gasteiger partial charge < -0.3 is 40.6 Å². The van der Waals surface area contributed by atoms with Crippen LogP contribution in [0.1, 0.15) is 52.5 Å². The second kappa shape index (κ2) is 17.7. The number of nitrogens with one attached hydrogen (secondary N) is 5. The van der Waals surface area contributed by atoms with E-state index < -0.39 is 35.9 Å². The molecule has 5 N–H and O–H groups in total. The molecular formula is C41H54F3N9O4. The lowest BCUT2D eigenvalue weighted by molar-refractivity contribution is -0.138. The minimum atomic E-state index is -1.30. The van der Waals surface area contributed by atoms with E-state index in [1.807, 2.05) is 32.3 Å². The van der Waals surface area contributed by atoms with Crippen LogP contribution < -0.4 is 21.3 Å². The number of carbonyl (C=O) groups excluding carboxylic acids is 4. The number of aromatic amines is 1. The van der Waals surface area contributed by atoms with Gasteiger partial charge in [0.05, 0.1) is 36.4 Å². The number of imidazole rings is 1. The lowest BCUT2D eigenvalue weighted by Gasteiger charge is -2.32. The Bertz CT molecular complexity index is 2120. The number of likely N-dealkylation sites (N-methyl/N-ethyl adjacent to an activating group) is 2. The third kappa shape index (κ3) is 8.96. The number of nitrogens with zero attached hydrogens (tertiary/aromatic N) is 4. The Morgan fingerprint density at radius 3 is 2.11 bits per heavy atom. The maximum Gasteiger partial charge on any atom is 0.245 e. The highest BCUT2D eigenvalue weighted by atomic mass is 19.1. The molecule has 16 heteroatoms. The van der Waals surface area contributed by atoms with Crippen molar-refractivity contribution in [3.8, 4) is 11.5 Å². The Hall–Kier alpha value is -4.96. The molecule has 5 unspecified atom stereocenters. The van der Waals surface area contributed by atoms with Gasteiger partial charge in [-0.3, -0.25) is 19.2 Å². The molecule has 6 rings (SSSR count). The lowest BCUT2D eigenvalue weighted by atomic mass is 9.98. The first kappa shape index (κ1) is 41.7. The number of hydrogen-bond donors (Lipinski definition) is 5. The van der Waals surface area contributed by atoms with E-state index in [-0.39, 0.29) is 80.5 Å². The van der Waals surface area contributed by atoms with Crippen LogP contribution in [0.3, 0.4) is 0 Å². The monoisotopic (exact) mass is 793 g/mol. The molecule has 2 aliphatic heterocycles. The average Bonchev–Trinajstić information content (AvgIpc) is 3.93. The van der Waals surface area contributed by atoms with Gasteiger partial charge in [-0.15, -0.1) is 0 Å². The van der Waals surface area contributed by atoms with Crippen LogP contribution in [0.2, 0.25) is 0 Å². The van der Waals surface area contributed by atoms with Crippen molar-refractivity contribution < 1.29 is 32.3 Å². The number of amides is 4. The first-order valence-electron chi connectivity index (χ1n) is 19.8. The van der Waals surface area contributed by atoms with Crippen LogP contribution in [0.5, 0.6) is 0 Å². The molecule has 13 nitrogen and oxygen atoms in total. The minimum absolute atomic E-state index is 0.0180. The quantitative estimate of drug-likeness (QED) is 0.123. The fourth-order valence-electron chi connectivity index (χ4n) is 8.35. The molecule has 0 spiro atoms. The van der Waals surface area contributed by atoms with Crippen molar-refractivity contribution in [3.05, 3.63) is 53.6 Å². The SMILES string of the molecule is CNCC(=O)NC(C(=O)N1CCCC1Cn1c(-c2[nH]c3cc(F)ccc3c2CC2CC(F)CN2C(=O)C(NC(=O)CNC)C(C)C)nc2cc(F)ccc21)C(C)C.